The highest BCUT2D eigenvalue weighted by Crippen LogP contribution is 2.13. The van der Waals surface area contributed by atoms with Crippen LogP contribution in [0.15, 0.2) is 42.6 Å². The molecule has 1 aromatic carbocycles. The normalized spacial score (nSPS) is 9.95. The van der Waals surface area contributed by atoms with Crippen LogP contribution in [0.5, 0.6) is 0 Å². The molecule has 6 nitrogen and oxygen atoms in total. The number of rotatable bonds is 3. The van der Waals surface area contributed by atoms with E-state index in [1.54, 1.807) is 18.2 Å². The van der Waals surface area contributed by atoms with E-state index in [1.165, 1.54) is 12.1 Å². The Balaban J connectivity index is 2.13. The lowest BCUT2D eigenvalue weighted by Crippen LogP contribution is -2.12. The number of nitrogens with zero attached hydrogens (tertiary/aromatic N) is 2. The molecule has 2 rings (SSSR count). The van der Waals surface area contributed by atoms with Crippen LogP contribution in [0.25, 0.3) is 0 Å². The lowest BCUT2D eigenvalue weighted by atomic mass is 10.1. The first-order chi connectivity index (χ1) is 9.06. The summed E-state index contributed by atoms with van der Waals surface area (Å²) in [5.41, 5.74) is 1.37. The molecule has 0 bridgehead atoms. The average Bonchev–Trinajstić information content (AvgIpc) is 2.39. The zero-order valence-electron chi connectivity index (χ0n) is 10.2. The van der Waals surface area contributed by atoms with Crippen LogP contribution >= 0.6 is 0 Å². The number of nitrogens with one attached hydrogen (secondary N) is 1. The molecule has 1 amide bonds. The van der Waals surface area contributed by atoms with Crippen LogP contribution < -0.4 is 5.32 Å². The minimum Gasteiger partial charge on any atom is -0.307 e. The Morgan fingerprint density at radius 1 is 1.32 bits per heavy atom. The van der Waals surface area contributed by atoms with Gasteiger partial charge in [0.1, 0.15) is 12.0 Å². The molecule has 0 fully saturated rings. The summed E-state index contributed by atoms with van der Waals surface area (Å²) in [4.78, 5) is 25.6. The van der Waals surface area contributed by atoms with Crippen molar-refractivity contribution in [2.24, 2.45) is 0 Å². The Bertz CT molecular complexity index is 623. The first kappa shape index (κ1) is 12.7. The fraction of sp³-hybridized carbons (Fsp3) is 0.0769. The van der Waals surface area contributed by atoms with Crippen molar-refractivity contribution in [3.8, 4) is 0 Å². The van der Waals surface area contributed by atoms with E-state index >= 15 is 0 Å². The first-order valence-electron chi connectivity index (χ1n) is 5.55. The van der Waals surface area contributed by atoms with Crippen LogP contribution in [0.4, 0.5) is 11.5 Å². The number of carbonyl (C=O) groups is 1. The number of benzene rings is 1. The number of amides is 1. The summed E-state index contributed by atoms with van der Waals surface area (Å²) in [6.45, 7) is 1.89. The van der Waals surface area contributed by atoms with Crippen LogP contribution in [-0.4, -0.2) is 15.8 Å². The van der Waals surface area contributed by atoms with Crippen molar-refractivity contribution in [2.45, 2.75) is 6.92 Å². The fourth-order valence-electron chi connectivity index (χ4n) is 1.54. The second-order valence-electron chi connectivity index (χ2n) is 3.98. The van der Waals surface area contributed by atoms with E-state index in [4.69, 9.17) is 0 Å². The molecule has 2 aromatic rings. The molecule has 1 N–H and O–H groups in total. The Labute approximate surface area is 109 Å². The molecule has 96 valence electrons. The highest BCUT2D eigenvalue weighted by atomic mass is 16.6. The molecule has 0 aliphatic rings. The van der Waals surface area contributed by atoms with E-state index < -0.39 is 4.92 Å². The topological polar surface area (TPSA) is 85.1 Å². The van der Waals surface area contributed by atoms with Crippen molar-refractivity contribution in [2.75, 3.05) is 5.32 Å². The summed E-state index contributed by atoms with van der Waals surface area (Å²) in [5, 5.41) is 13.1. The van der Waals surface area contributed by atoms with Gasteiger partial charge in [0.05, 0.1) is 4.92 Å². The summed E-state index contributed by atoms with van der Waals surface area (Å²) in [5.74, 6) is -0.0258. The molecule has 0 saturated heterocycles. The van der Waals surface area contributed by atoms with Gasteiger partial charge in [-0.15, -0.1) is 0 Å². The second-order valence-corrected chi connectivity index (χ2v) is 3.98. The van der Waals surface area contributed by atoms with Gasteiger partial charge in [-0.1, -0.05) is 17.7 Å². The van der Waals surface area contributed by atoms with Gasteiger partial charge >= 0.3 is 0 Å². The van der Waals surface area contributed by atoms with Gasteiger partial charge in [0.15, 0.2) is 0 Å². The zero-order chi connectivity index (χ0) is 13.8. The van der Waals surface area contributed by atoms with Gasteiger partial charge in [-0.05, 0) is 25.1 Å². The minimum atomic E-state index is -0.543. The Hall–Kier alpha value is -2.76. The van der Waals surface area contributed by atoms with Gasteiger partial charge < -0.3 is 5.32 Å². The maximum atomic E-state index is 11.9. The SMILES string of the molecule is Cc1cccc(C(=O)Nc2ccc([N+](=O)[O-])cn2)c1. The van der Waals surface area contributed by atoms with Crippen LogP contribution in [0.1, 0.15) is 15.9 Å². The summed E-state index contributed by atoms with van der Waals surface area (Å²) in [6.07, 6.45) is 1.10. The number of nitro groups is 1. The molecular weight excluding hydrogens is 246 g/mol. The van der Waals surface area contributed by atoms with Gasteiger partial charge in [-0.25, -0.2) is 4.98 Å². The number of pyridine rings is 1. The Kier molecular flexibility index (Phi) is 3.51. The lowest BCUT2D eigenvalue weighted by molar-refractivity contribution is -0.385. The minimum absolute atomic E-state index is 0.117. The van der Waals surface area contributed by atoms with Crippen LogP contribution in [0, 0.1) is 17.0 Å². The summed E-state index contributed by atoms with van der Waals surface area (Å²) >= 11 is 0. The molecule has 0 aliphatic carbocycles. The quantitative estimate of drug-likeness (QED) is 0.676. The maximum Gasteiger partial charge on any atom is 0.287 e. The molecule has 1 aromatic heterocycles. The van der Waals surface area contributed by atoms with Crippen molar-refractivity contribution in [1.82, 2.24) is 4.98 Å². The summed E-state index contributed by atoms with van der Waals surface area (Å²) < 4.78 is 0. The molecule has 0 spiro atoms. The Morgan fingerprint density at radius 3 is 2.68 bits per heavy atom. The average molecular weight is 257 g/mol. The van der Waals surface area contributed by atoms with E-state index in [1.807, 2.05) is 13.0 Å². The number of hydrogen-bond acceptors (Lipinski definition) is 4. The molecule has 6 heteroatoms. The summed E-state index contributed by atoms with van der Waals surface area (Å²) in [6, 6.07) is 9.80. The fourth-order valence-corrected chi connectivity index (χ4v) is 1.54. The van der Waals surface area contributed by atoms with Crippen LogP contribution in [0.3, 0.4) is 0 Å². The second kappa shape index (κ2) is 5.26. The molecule has 0 radical (unpaired) electrons. The van der Waals surface area contributed by atoms with Crippen molar-refractivity contribution < 1.29 is 9.72 Å². The highest BCUT2D eigenvalue weighted by Gasteiger charge is 2.09. The smallest absolute Gasteiger partial charge is 0.287 e. The number of aromatic nitrogens is 1. The molecule has 1 heterocycles. The molecule has 0 aliphatic heterocycles. The lowest BCUT2D eigenvalue weighted by Gasteiger charge is -2.04. The van der Waals surface area contributed by atoms with E-state index in [9.17, 15) is 14.9 Å². The maximum absolute atomic E-state index is 11.9. The third-order valence-electron chi connectivity index (χ3n) is 2.48. The van der Waals surface area contributed by atoms with Crippen molar-refractivity contribution in [3.63, 3.8) is 0 Å². The first-order valence-corrected chi connectivity index (χ1v) is 5.55. The van der Waals surface area contributed by atoms with Crippen LogP contribution in [0.2, 0.25) is 0 Å². The summed E-state index contributed by atoms with van der Waals surface area (Å²) in [7, 11) is 0. The molecule has 0 atom stereocenters. The number of hydrogen-bond donors (Lipinski definition) is 1. The van der Waals surface area contributed by atoms with Gasteiger partial charge in [-0.3, -0.25) is 14.9 Å². The predicted molar refractivity (Wildman–Crippen MR) is 70.0 cm³/mol. The van der Waals surface area contributed by atoms with E-state index in [0.29, 0.717) is 5.56 Å². The monoisotopic (exact) mass is 257 g/mol. The third kappa shape index (κ3) is 3.12. The predicted octanol–water partition coefficient (Wildman–Crippen LogP) is 2.55. The molecular formula is C13H11N3O3. The van der Waals surface area contributed by atoms with Crippen molar-refractivity contribution in [3.05, 3.63) is 63.8 Å². The van der Waals surface area contributed by atoms with E-state index in [0.717, 1.165) is 11.8 Å². The van der Waals surface area contributed by atoms with Gasteiger partial charge in [0.25, 0.3) is 11.6 Å². The standard InChI is InChI=1S/C13H11N3O3/c1-9-3-2-4-10(7-9)13(17)15-12-6-5-11(8-14-12)16(18)19/h2-8H,1H3,(H,14,15,17). The van der Waals surface area contributed by atoms with Gasteiger partial charge in [-0.2, -0.15) is 0 Å². The van der Waals surface area contributed by atoms with Crippen molar-refractivity contribution in [1.29, 1.82) is 0 Å². The Morgan fingerprint density at radius 2 is 2.11 bits per heavy atom. The molecule has 0 unspecified atom stereocenters. The van der Waals surface area contributed by atoms with Crippen molar-refractivity contribution >= 4 is 17.4 Å². The highest BCUT2D eigenvalue weighted by molar-refractivity contribution is 6.03. The zero-order valence-corrected chi connectivity index (χ0v) is 10.2. The van der Waals surface area contributed by atoms with E-state index in [2.05, 4.69) is 10.3 Å². The van der Waals surface area contributed by atoms with E-state index in [-0.39, 0.29) is 17.4 Å². The number of anilines is 1. The van der Waals surface area contributed by atoms with Gasteiger partial charge in [0.2, 0.25) is 0 Å². The molecule has 19 heavy (non-hydrogen) atoms. The number of carbonyl (C=O) groups excluding carboxylic acids is 1. The molecule has 0 saturated carbocycles. The largest absolute Gasteiger partial charge is 0.307 e. The third-order valence-corrected chi connectivity index (χ3v) is 2.48. The number of aryl methyl sites for hydroxylation is 1. The van der Waals surface area contributed by atoms with Gasteiger partial charge in [0, 0.05) is 11.6 Å². The van der Waals surface area contributed by atoms with Crippen LogP contribution in [-0.2, 0) is 0 Å².